The molecule has 5 rings (SSSR count). The van der Waals surface area contributed by atoms with Gasteiger partial charge in [0, 0.05) is 36.6 Å². The van der Waals surface area contributed by atoms with Gasteiger partial charge in [0.25, 0.3) is 0 Å². The van der Waals surface area contributed by atoms with Gasteiger partial charge < -0.3 is 8.98 Å². The lowest BCUT2D eigenvalue weighted by Crippen LogP contribution is -2.32. The Bertz CT molecular complexity index is 1120. The average Bonchev–Trinajstić information content (AvgIpc) is 3.34. The highest BCUT2D eigenvalue weighted by molar-refractivity contribution is 5.89. The van der Waals surface area contributed by atoms with Crippen LogP contribution in [-0.2, 0) is 13.6 Å². The second kappa shape index (κ2) is 7.44. The van der Waals surface area contributed by atoms with E-state index in [9.17, 15) is 0 Å². The molecule has 0 saturated carbocycles. The molecule has 6 heteroatoms. The second-order valence-corrected chi connectivity index (χ2v) is 7.92. The minimum Gasteiger partial charge on any atom is -0.465 e. The van der Waals surface area contributed by atoms with Gasteiger partial charge in [0.05, 0.1) is 24.1 Å². The van der Waals surface area contributed by atoms with E-state index in [-0.39, 0.29) is 0 Å². The zero-order valence-corrected chi connectivity index (χ0v) is 16.9. The van der Waals surface area contributed by atoms with Crippen molar-refractivity contribution in [2.24, 2.45) is 7.05 Å². The smallest absolute Gasteiger partial charge is 0.118 e. The van der Waals surface area contributed by atoms with Gasteiger partial charge in [0.2, 0.25) is 0 Å². The fraction of sp³-hybridized carbons (Fsp3) is 0.348. The lowest BCUT2D eigenvalue weighted by molar-refractivity contribution is 0.189. The number of nitrogens with zero attached hydrogens (tertiary/aromatic N) is 5. The third kappa shape index (κ3) is 3.56. The van der Waals surface area contributed by atoms with Crippen molar-refractivity contribution in [3.05, 3.63) is 66.3 Å². The van der Waals surface area contributed by atoms with Gasteiger partial charge in [0.15, 0.2) is 0 Å². The molecule has 0 radical (unpaired) electrons. The molecule has 0 bridgehead atoms. The Morgan fingerprint density at radius 3 is 2.76 bits per heavy atom. The first kappa shape index (κ1) is 18.1. The molecule has 29 heavy (non-hydrogen) atoms. The van der Waals surface area contributed by atoms with E-state index in [0.717, 1.165) is 72.0 Å². The Labute approximate surface area is 170 Å². The minimum absolute atomic E-state index is 0.458. The fourth-order valence-electron chi connectivity index (χ4n) is 4.24. The average molecular weight is 387 g/mol. The van der Waals surface area contributed by atoms with Crippen molar-refractivity contribution in [3.63, 3.8) is 0 Å². The Hall–Kier alpha value is -2.99. The number of likely N-dealkylation sites (tertiary alicyclic amines) is 1. The van der Waals surface area contributed by atoms with Gasteiger partial charge >= 0.3 is 0 Å². The number of fused-ring (bicyclic) bond motifs is 1. The number of imidazole rings is 1. The summed E-state index contributed by atoms with van der Waals surface area (Å²) in [5, 5.41) is 0. The molecule has 0 unspecified atom stereocenters. The number of hydrogen-bond donors (Lipinski definition) is 0. The molecule has 0 aliphatic carbocycles. The molecule has 0 N–H and O–H groups in total. The van der Waals surface area contributed by atoms with Crippen molar-refractivity contribution in [2.75, 3.05) is 13.1 Å². The zero-order chi connectivity index (χ0) is 19.8. The molecule has 0 spiro atoms. The lowest BCUT2D eigenvalue weighted by Gasteiger charge is -2.31. The molecule has 0 atom stereocenters. The van der Waals surface area contributed by atoms with Crippen molar-refractivity contribution in [3.8, 4) is 11.3 Å². The van der Waals surface area contributed by atoms with E-state index in [2.05, 4.69) is 37.6 Å². The lowest BCUT2D eigenvalue weighted by atomic mass is 9.92. The predicted molar refractivity (Wildman–Crippen MR) is 112 cm³/mol. The van der Waals surface area contributed by atoms with Crippen LogP contribution < -0.4 is 0 Å². The van der Waals surface area contributed by atoms with Crippen molar-refractivity contribution >= 4 is 11.0 Å². The van der Waals surface area contributed by atoms with Gasteiger partial charge in [-0.05, 0) is 63.2 Å². The summed E-state index contributed by atoms with van der Waals surface area (Å²) in [5.74, 6) is 2.49. The molecule has 1 aliphatic heterocycles. The van der Waals surface area contributed by atoms with E-state index < -0.39 is 0 Å². The molecule has 0 aromatic carbocycles. The van der Waals surface area contributed by atoms with Crippen LogP contribution in [0.2, 0.25) is 0 Å². The highest BCUT2D eigenvalue weighted by Crippen LogP contribution is 2.33. The Balaban J connectivity index is 1.40. The normalized spacial score (nSPS) is 15.9. The van der Waals surface area contributed by atoms with E-state index >= 15 is 0 Å². The maximum absolute atomic E-state index is 5.75. The Morgan fingerprint density at radius 1 is 1.17 bits per heavy atom. The van der Waals surface area contributed by atoms with E-state index in [1.807, 2.05) is 38.6 Å². The molecule has 1 aliphatic rings. The van der Waals surface area contributed by atoms with Crippen LogP contribution in [0.15, 0.2) is 53.5 Å². The van der Waals surface area contributed by atoms with Crippen molar-refractivity contribution in [1.82, 2.24) is 24.4 Å². The summed E-state index contributed by atoms with van der Waals surface area (Å²) in [5.41, 5.74) is 5.18. The third-order valence-electron chi connectivity index (χ3n) is 5.85. The van der Waals surface area contributed by atoms with E-state index in [4.69, 9.17) is 9.40 Å². The minimum atomic E-state index is 0.458. The van der Waals surface area contributed by atoms with Crippen LogP contribution in [0.1, 0.15) is 36.0 Å². The van der Waals surface area contributed by atoms with Crippen LogP contribution in [0.25, 0.3) is 22.3 Å². The summed E-state index contributed by atoms with van der Waals surface area (Å²) in [4.78, 5) is 16.4. The van der Waals surface area contributed by atoms with E-state index in [1.165, 1.54) is 0 Å². The molecule has 0 amide bonds. The number of aromatic nitrogens is 4. The third-order valence-corrected chi connectivity index (χ3v) is 5.85. The monoisotopic (exact) mass is 387 g/mol. The first-order valence-corrected chi connectivity index (χ1v) is 10.2. The molecule has 6 nitrogen and oxygen atoms in total. The van der Waals surface area contributed by atoms with Crippen molar-refractivity contribution < 1.29 is 4.42 Å². The van der Waals surface area contributed by atoms with E-state index in [1.54, 1.807) is 6.20 Å². The van der Waals surface area contributed by atoms with E-state index in [0.29, 0.717) is 5.92 Å². The van der Waals surface area contributed by atoms with Gasteiger partial charge in [0.1, 0.15) is 17.0 Å². The number of aryl methyl sites for hydroxylation is 2. The summed E-state index contributed by atoms with van der Waals surface area (Å²) < 4.78 is 7.82. The quantitative estimate of drug-likeness (QED) is 0.522. The molecular formula is C23H25N5O. The first-order valence-electron chi connectivity index (χ1n) is 10.2. The highest BCUT2D eigenvalue weighted by atomic mass is 16.3. The van der Waals surface area contributed by atoms with Gasteiger partial charge in [-0.1, -0.05) is 0 Å². The summed E-state index contributed by atoms with van der Waals surface area (Å²) in [6.07, 6.45) is 7.72. The highest BCUT2D eigenvalue weighted by Gasteiger charge is 2.24. The van der Waals surface area contributed by atoms with Crippen LogP contribution in [-0.4, -0.2) is 37.5 Å². The Kier molecular flexibility index (Phi) is 4.64. The number of furan rings is 1. The van der Waals surface area contributed by atoms with Crippen LogP contribution in [0.3, 0.4) is 0 Å². The molecule has 1 saturated heterocycles. The molecule has 5 heterocycles. The molecule has 1 fully saturated rings. The van der Waals surface area contributed by atoms with Gasteiger partial charge in [-0.2, -0.15) is 0 Å². The molecule has 4 aromatic heterocycles. The topological polar surface area (TPSA) is 60.0 Å². The number of hydrogen-bond acceptors (Lipinski definition) is 5. The number of pyridine rings is 2. The predicted octanol–water partition coefficient (Wildman–Crippen LogP) is 4.31. The second-order valence-electron chi connectivity index (χ2n) is 7.92. The van der Waals surface area contributed by atoms with Gasteiger partial charge in [-0.3, -0.25) is 14.9 Å². The maximum atomic E-state index is 5.75. The van der Waals surface area contributed by atoms with Gasteiger partial charge in [-0.25, -0.2) is 4.98 Å². The first-order chi connectivity index (χ1) is 14.2. The number of piperidine rings is 1. The van der Waals surface area contributed by atoms with Crippen molar-refractivity contribution in [1.29, 1.82) is 0 Å². The summed E-state index contributed by atoms with van der Waals surface area (Å²) in [7, 11) is 2.04. The molecule has 148 valence electrons. The molecular weight excluding hydrogens is 362 g/mol. The van der Waals surface area contributed by atoms with Crippen LogP contribution in [0.5, 0.6) is 0 Å². The van der Waals surface area contributed by atoms with Crippen LogP contribution >= 0.6 is 0 Å². The van der Waals surface area contributed by atoms with Crippen LogP contribution in [0, 0.1) is 6.92 Å². The summed E-state index contributed by atoms with van der Waals surface area (Å²) >= 11 is 0. The molecule has 4 aromatic rings. The standard InChI is InChI=1S/C23H25N5O/c1-16-5-6-19(29-16)14-28-10-7-17(8-11-28)20-12-21-23(25-15-27(21)2)22(26-20)18-4-3-9-24-13-18/h3-6,9,12-13,15,17H,7-8,10-11,14H2,1-2H3. The largest absolute Gasteiger partial charge is 0.465 e. The summed E-state index contributed by atoms with van der Waals surface area (Å²) in [6, 6.07) is 10.3. The summed E-state index contributed by atoms with van der Waals surface area (Å²) in [6.45, 7) is 4.99. The van der Waals surface area contributed by atoms with Crippen LogP contribution in [0.4, 0.5) is 0 Å². The SMILES string of the molecule is Cc1ccc(CN2CCC(c3cc4c(ncn4C)c(-c4cccnc4)n3)CC2)o1. The van der Waals surface area contributed by atoms with Gasteiger partial charge in [-0.15, -0.1) is 0 Å². The maximum Gasteiger partial charge on any atom is 0.118 e. The number of rotatable bonds is 4. The fourth-order valence-corrected chi connectivity index (χ4v) is 4.24. The Morgan fingerprint density at radius 2 is 2.03 bits per heavy atom. The zero-order valence-electron chi connectivity index (χ0n) is 16.9. The van der Waals surface area contributed by atoms with Crippen molar-refractivity contribution in [2.45, 2.75) is 32.2 Å².